The van der Waals surface area contributed by atoms with E-state index in [1.165, 1.54) is 90.3 Å². The normalized spacial score (nSPS) is 33.4. The highest BCUT2D eigenvalue weighted by molar-refractivity contribution is 5.21. The van der Waals surface area contributed by atoms with Gasteiger partial charge in [0.05, 0.1) is 5.60 Å². The van der Waals surface area contributed by atoms with Crippen molar-refractivity contribution in [3.8, 4) is 0 Å². The average Bonchev–Trinajstić information content (AvgIpc) is 2.71. The molecule has 1 saturated carbocycles. The lowest BCUT2D eigenvalue weighted by Gasteiger charge is -2.53. The molecular weight excluding hydrogens is 330 g/mol. The summed E-state index contributed by atoms with van der Waals surface area (Å²) in [5, 5.41) is 0. The Morgan fingerprint density at radius 2 is 1.63 bits per heavy atom. The third-order valence-corrected chi connectivity index (χ3v) is 8.05. The second-order valence-corrected chi connectivity index (χ2v) is 9.48. The van der Waals surface area contributed by atoms with Crippen LogP contribution in [0.2, 0.25) is 0 Å². The van der Waals surface area contributed by atoms with Gasteiger partial charge in [0.25, 0.3) is 0 Å². The minimum atomic E-state index is 0.116. The Hall–Kier alpha value is -0.860. The minimum absolute atomic E-state index is 0.116. The van der Waals surface area contributed by atoms with Gasteiger partial charge in [-0.1, -0.05) is 62.4 Å². The minimum Gasteiger partial charge on any atom is -0.377 e. The molecule has 0 radical (unpaired) electrons. The first kappa shape index (κ1) is 19.5. The zero-order valence-corrected chi connectivity index (χ0v) is 17.4. The van der Waals surface area contributed by atoms with Crippen LogP contribution in [0.1, 0.15) is 82.1 Å². The lowest BCUT2D eigenvalue weighted by atomic mass is 9.69. The number of methoxy groups -OCH3 is 1. The molecule has 1 aromatic carbocycles. The number of benzene rings is 1. The van der Waals surface area contributed by atoms with Crippen molar-refractivity contribution in [3.05, 3.63) is 35.9 Å². The molecule has 2 nitrogen and oxygen atoms in total. The molecule has 2 heteroatoms. The van der Waals surface area contributed by atoms with Gasteiger partial charge in [-0.05, 0) is 74.9 Å². The monoisotopic (exact) mass is 369 g/mol. The smallest absolute Gasteiger partial charge is 0.0834 e. The first-order chi connectivity index (χ1) is 13.3. The SMILES string of the molecule is COC1(CCC(c2ccccc2)C2CCCCCCC2)CN2CCC1CC2. The fourth-order valence-electron chi connectivity index (χ4n) is 6.41. The molecule has 2 bridgehead atoms. The van der Waals surface area contributed by atoms with E-state index in [9.17, 15) is 0 Å². The second-order valence-electron chi connectivity index (χ2n) is 9.48. The van der Waals surface area contributed by atoms with Crippen LogP contribution in [-0.2, 0) is 4.74 Å². The molecule has 2 unspecified atom stereocenters. The number of rotatable bonds is 6. The second kappa shape index (κ2) is 9.09. The van der Waals surface area contributed by atoms with Crippen molar-refractivity contribution < 1.29 is 4.74 Å². The topological polar surface area (TPSA) is 12.5 Å². The predicted octanol–water partition coefficient (Wildman–Crippen LogP) is 6.02. The molecule has 0 spiro atoms. The van der Waals surface area contributed by atoms with Crippen molar-refractivity contribution in [2.24, 2.45) is 11.8 Å². The number of nitrogens with zero attached hydrogens (tertiary/aromatic N) is 1. The Morgan fingerprint density at radius 1 is 0.963 bits per heavy atom. The summed E-state index contributed by atoms with van der Waals surface area (Å²) < 4.78 is 6.29. The predicted molar refractivity (Wildman–Crippen MR) is 113 cm³/mol. The van der Waals surface area contributed by atoms with Crippen LogP contribution in [0.3, 0.4) is 0 Å². The van der Waals surface area contributed by atoms with Crippen LogP contribution in [0, 0.1) is 11.8 Å². The first-order valence-electron chi connectivity index (χ1n) is 11.6. The molecule has 0 N–H and O–H groups in total. The highest BCUT2D eigenvalue weighted by Gasteiger charge is 2.47. The van der Waals surface area contributed by atoms with E-state index in [0.717, 1.165) is 11.8 Å². The fraction of sp³-hybridized carbons (Fsp3) is 0.760. The van der Waals surface area contributed by atoms with Gasteiger partial charge >= 0.3 is 0 Å². The molecule has 150 valence electrons. The van der Waals surface area contributed by atoms with Crippen LogP contribution in [0.5, 0.6) is 0 Å². The highest BCUT2D eigenvalue weighted by atomic mass is 16.5. The molecule has 3 heterocycles. The lowest BCUT2D eigenvalue weighted by Crippen LogP contribution is -2.60. The Balaban J connectivity index is 1.50. The molecule has 3 saturated heterocycles. The van der Waals surface area contributed by atoms with Crippen molar-refractivity contribution in [2.75, 3.05) is 26.7 Å². The van der Waals surface area contributed by atoms with Crippen LogP contribution in [-0.4, -0.2) is 37.2 Å². The largest absolute Gasteiger partial charge is 0.377 e. The lowest BCUT2D eigenvalue weighted by molar-refractivity contribution is -0.141. The van der Waals surface area contributed by atoms with E-state index in [2.05, 4.69) is 35.2 Å². The molecule has 2 atom stereocenters. The Bertz CT molecular complexity index is 557. The summed E-state index contributed by atoms with van der Waals surface area (Å²) in [5.74, 6) is 2.36. The van der Waals surface area contributed by atoms with Gasteiger partial charge in [-0.15, -0.1) is 0 Å². The molecule has 27 heavy (non-hydrogen) atoms. The summed E-state index contributed by atoms with van der Waals surface area (Å²) in [4.78, 5) is 2.65. The van der Waals surface area contributed by atoms with Gasteiger partial charge in [-0.3, -0.25) is 0 Å². The number of hydrogen-bond acceptors (Lipinski definition) is 2. The molecule has 3 aliphatic heterocycles. The van der Waals surface area contributed by atoms with Crippen LogP contribution >= 0.6 is 0 Å². The quantitative estimate of drug-likeness (QED) is 0.608. The summed E-state index contributed by atoms with van der Waals surface area (Å²) in [6.45, 7) is 3.75. The maximum Gasteiger partial charge on any atom is 0.0834 e. The Morgan fingerprint density at radius 3 is 2.22 bits per heavy atom. The van der Waals surface area contributed by atoms with E-state index in [4.69, 9.17) is 4.74 Å². The molecule has 0 aromatic heterocycles. The molecule has 1 aliphatic carbocycles. The maximum absolute atomic E-state index is 6.29. The summed E-state index contributed by atoms with van der Waals surface area (Å²) in [7, 11) is 1.98. The van der Waals surface area contributed by atoms with E-state index in [0.29, 0.717) is 5.92 Å². The van der Waals surface area contributed by atoms with E-state index >= 15 is 0 Å². The van der Waals surface area contributed by atoms with Crippen molar-refractivity contribution in [2.45, 2.75) is 82.1 Å². The molecule has 4 aliphatic rings. The number of fused-ring (bicyclic) bond motifs is 3. The van der Waals surface area contributed by atoms with Crippen molar-refractivity contribution >= 4 is 0 Å². The average molecular weight is 370 g/mol. The zero-order valence-electron chi connectivity index (χ0n) is 17.4. The van der Waals surface area contributed by atoms with E-state index < -0.39 is 0 Å². The highest BCUT2D eigenvalue weighted by Crippen LogP contribution is 2.45. The standard InChI is InChI=1S/C25H39NO/c1-27-25(20-26-18-15-23(25)16-19-26)17-14-24(22-12-8-5-9-13-22)21-10-6-3-2-4-7-11-21/h5,8-9,12-13,21,23-24H,2-4,6-7,10-11,14-20H2,1H3. The number of hydrogen-bond donors (Lipinski definition) is 0. The number of piperidine rings is 3. The van der Waals surface area contributed by atoms with Crippen LogP contribution in [0.25, 0.3) is 0 Å². The third kappa shape index (κ3) is 4.43. The Labute approximate surface area is 166 Å². The van der Waals surface area contributed by atoms with Crippen molar-refractivity contribution in [3.63, 3.8) is 0 Å². The van der Waals surface area contributed by atoms with E-state index in [-0.39, 0.29) is 5.60 Å². The zero-order chi connectivity index (χ0) is 18.5. The van der Waals surface area contributed by atoms with E-state index in [1.807, 2.05) is 7.11 Å². The van der Waals surface area contributed by atoms with Gasteiger partial charge in [0.2, 0.25) is 0 Å². The van der Waals surface area contributed by atoms with Gasteiger partial charge in [-0.25, -0.2) is 0 Å². The van der Waals surface area contributed by atoms with Gasteiger partial charge in [0.1, 0.15) is 0 Å². The van der Waals surface area contributed by atoms with Crippen LogP contribution in [0.4, 0.5) is 0 Å². The molecule has 5 rings (SSSR count). The summed E-state index contributed by atoms with van der Waals surface area (Å²) in [6, 6.07) is 11.4. The van der Waals surface area contributed by atoms with Gasteiger partial charge in [-0.2, -0.15) is 0 Å². The van der Waals surface area contributed by atoms with Gasteiger partial charge < -0.3 is 9.64 Å². The summed E-state index contributed by atoms with van der Waals surface area (Å²) in [5.41, 5.74) is 1.70. The molecular formula is C25H39NO. The molecule has 0 amide bonds. The summed E-state index contributed by atoms with van der Waals surface area (Å²) >= 11 is 0. The van der Waals surface area contributed by atoms with Gasteiger partial charge in [0.15, 0.2) is 0 Å². The number of ether oxygens (including phenoxy) is 1. The van der Waals surface area contributed by atoms with Gasteiger partial charge in [0, 0.05) is 13.7 Å². The molecule has 1 aromatic rings. The maximum atomic E-state index is 6.29. The van der Waals surface area contributed by atoms with E-state index in [1.54, 1.807) is 5.56 Å². The molecule has 4 fully saturated rings. The first-order valence-corrected chi connectivity index (χ1v) is 11.6. The van der Waals surface area contributed by atoms with Crippen molar-refractivity contribution in [1.82, 2.24) is 4.90 Å². The fourth-order valence-corrected chi connectivity index (χ4v) is 6.41. The third-order valence-electron chi connectivity index (χ3n) is 8.05. The van der Waals surface area contributed by atoms with Crippen LogP contribution in [0.15, 0.2) is 30.3 Å². The van der Waals surface area contributed by atoms with Crippen LogP contribution < -0.4 is 0 Å². The Kier molecular flexibility index (Phi) is 6.55. The summed E-state index contributed by atoms with van der Waals surface area (Å²) in [6.07, 6.45) is 15.3. The van der Waals surface area contributed by atoms with Crippen molar-refractivity contribution in [1.29, 1.82) is 0 Å².